The Hall–Kier alpha value is -2.63. The molecule has 1 fully saturated rings. The van der Waals surface area contributed by atoms with Crippen LogP contribution in [0, 0.1) is 5.82 Å². The van der Waals surface area contributed by atoms with Crippen LogP contribution in [0.25, 0.3) is 0 Å². The number of carbonyl (C=O) groups is 1. The van der Waals surface area contributed by atoms with Crippen molar-refractivity contribution in [3.63, 3.8) is 0 Å². The van der Waals surface area contributed by atoms with Crippen LogP contribution in [0.5, 0.6) is 11.6 Å². The highest BCUT2D eigenvalue weighted by atomic mass is 19.1. The minimum atomic E-state index is -0.314. The average Bonchev–Trinajstić information content (AvgIpc) is 3.33. The zero-order valence-electron chi connectivity index (χ0n) is 11.9. The Morgan fingerprint density at radius 2 is 2.00 bits per heavy atom. The van der Waals surface area contributed by atoms with Crippen molar-refractivity contribution in [2.75, 3.05) is 0 Å². The van der Waals surface area contributed by atoms with E-state index in [1.807, 2.05) is 6.07 Å². The fraction of sp³-hybridized carbons (Fsp3) is 0.250. The first kappa shape index (κ1) is 14.3. The molecule has 1 heterocycles. The highest BCUT2D eigenvalue weighted by molar-refractivity contribution is 5.74. The van der Waals surface area contributed by atoms with E-state index in [0.29, 0.717) is 24.2 Å². The molecule has 1 aliphatic rings. The number of benzene rings is 1. The van der Waals surface area contributed by atoms with E-state index in [2.05, 4.69) is 15.6 Å². The summed E-state index contributed by atoms with van der Waals surface area (Å²) in [6.45, 7) is 0.405. The van der Waals surface area contributed by atoms with Gasteiger partial charge in [-0.05, 0) is 42.7 Å². The standard InChI is InChI=1S/C16H16FN3O2/c17-12-2-6-14(7-3-12)22-15-8-1-11(9-18-15)10-19-16(21)20-13-4-5-13/h1-3,6-9,13H,4-5,10H2,(H2,19,20,21). The molecule has 1 aliphatic carbocycles. The molecule has 2 aromatic rings. The summed E-state index contributed by atoms with van der Waals surface area (Å²) in [5.41, 5.74) is 0.873. The second-order valence-electron chi connectivity index (χ2n) is 5.16. The van der Waals surface area contributed by atoms with Gasteiger partial charge in [-0.1, -0.05) is 6.07 Å². The number of hydrogen-bond donors (Lipinski definition) is 2. The van der Waals surface area contributed by atoms with Gasteiger partial charge >= 0.3 is 6.03 Å². The Kier molecular flexibility index (Phi) is 4.18. The summed E-state index contributed by atoms with van der Waals surface area (Å²) in [4.78, 5) is 15.7. The van der Waals surface area contributed by atoms with Crippen LogP contribution in [0.3, 0.4) is 0 Å². The average molecular weight is 301 g/mol. The van der Waals surface area contributed by atoms with Crippen molar-refractivity contribution in [2.24, 2.45) is 0 Å². The Morgan fingerprint density at radius 3 is 2.64 bits per heavy atom. The zero-order chi connectivity index (χ0) is 15.4. The lowest BCUT2D eigenvalue weighted by atomic mass is 10.3. The number of amides is 2. The summed E-state index contributed by atoms with van der Waals surface area (Å²) < 4.78 is 18.3. The second-order valence-corrected chi connectivity index (χ2v) is 5.16. The van der Waals surface area contributed by atoms with Crippen molar-refractivity contribution in [1.82, 2.24) is 15.6 Å². The van der Waals surface area contributed by atoms with Crippen LogP contribution in [0.15, 0.2) is 42.6 Å². The molecule has 0 aliphatic heterocycles. The third kappa shape index (κ3) is 4.18. The van der Waals surface area contributed by atoms with Crippen LogP contribution < -0.4 is 15.4 Å². The first-order valence-electron chi connectivity index (χ1n) is 7.12. The predicted octanol–water partition coefficient (Wildman–Crippen LogP) is 2.97. The number of nitrogens with one attached hydrogen (secondary N) is 2. The van der Waals surface area contributed by atoms with Crippen LogP contribution in [0.2, 0.25) is 0 Å². The number of ether oxygens (including phenoxy) is 1. The third-order valence-corrected chi connectivity index (χ3v) is 3.20. The molecule has 0 atom stereocenters. The van der Waals surface area contributed by atoms with Crippen molar-refractivity contribution < 1.29 is 13.9 Å². The summed E-state index contributed by atoms with van der Waals surface area (Å²) >= 11 is 0. The first-order chi connectivity index (χ1) is 10.7. The predicted molar refractivity (Wildman–Crippen MR) is 79.1 cm³/mol. The lowest BCUT2D eigenvalue weighted by molar-refractivity contribution is 0.240. The maximum atomic E-state index is 12.8. The SMILES string of the molecule is O=C(NCc1ccc(Oc2ccc(F)cc2)nc1)NC1CC1. The van der Waals surface area contributed by atoms with Crippen LogP contribution in [-0.2, 0) is 6.54 Å². The molecule has 0 unspecified atom stereocenters. The lowest BCUT2D eigenvalue weighted by Gasteiger charge is -2.08. The van der Waals surface area contributed by atoms with E-state index in [4.69, 9.17) is 4.74 Å². The largest absolute Gasteiger partial charge is 0.439 e. The molecule has 22 heavy (non-hydrogen) atoms. The van der Waals surface area contributed by atoms with E-state index in [1.165, 1.54) is 24.3 Å². The van der Waals surface area contributed by atoms with E-state index < -0.39 is 0 Å². The van der Waals surface area contributed by atoms with Crippen molar-refractivity contribution in [3.05, 3.63) is 54.0 Å². The third-order valence-electron chi connectivity index (χ3n) is 3.20. The molecule has 0 saturated heterocycles. The molecule has 0 radical (unpaired) electrons. The number of rotatable bonds is 5. The number of pyridine rings is 1. The zero-order valence-corrected chi connectivity index (χ0v) is 11.9. The van der Waals surface area contributed by atoms with Gasteiger partial charge in [-0.3, -0.25) is 0 Å². The number of halogens is 1. The van der Waals surface area contributed by atoms with Crippen LogP contribution in [0.4, 0.5) is 9.18 Å². The lowest BCUT2D eigenvalue weighted by Crippen LogP contribution is -2.36. The smallest absolute Gasteiger partial charge is 0.315 e. The summed E-state index contributed by atoms with van der Waals surface area (Å²) in [6.07, 6.45) is 3.76. The Labute approximate surface area is 127 Å². The molecule has 1 aromatic heterocycles. The summed E-state index contributed by atoms with van der Waals surface area (Å²) in [5, 5.41) is 5.62. The molecule has 0 spiro atoms. The Morgan fingerprint density at radius 1 is 1.23 bits per heavy atom. The van der Waals surface area contributed by atoms with Crippen molar-refractivity contribution >= 4 is 6.03 Å². The van der Waals surface area contributed by atoms with Gasteiger partial charge in [0, 0.05) is 24.8 Å². The molecule has 0 bridgehead atoms. The maximum Gasteiger partial charge on any atom is 0.315 e. The van der Waals surface area contributed by atoms with Gasteiger partial charge in [-0.2, -0.15) is 0 Å². The molecule has 6 heteroatoms. The van der Waals surface area contributed by atoms with Gasteiger partial charge in [0.2, 0.25) is 5.88 Å². The Bertz CT molecular complexity index is 639. The summed E-state index contributed by atoms with van der Waals surface area (Å²) in [5.74, 6) is 0.618. The van der Waals surface area contributed by atoms with Crippen LogP contribution in [0.1, 0.15) is 18.4 Å². The fourth-order valence-corrected chi connectivity index (χ4v) is 1.85. The van der Waals surface area contributed by atoms with Gasteiger partial charge in [-0.15, -0.1) is 0 Å². The minimum Gasteiger partial charge on any atom is -0.439 e. The highest BCUT2D eigenvalue weighted by Crippen LogP contribution is 2.20. The van der Waals surface area contributed by atoms with Gasteiger partial charge in [0.05, 0.1) is 0 Å². The number of aromatic nitrogens is 1. The first-order valence-corrected chi connectivity index (χ1v) is 7.12. The van der Waals surface area contributed by atoms with Crippen molar-refractivity contribution in [2.45, 2.75) is 25.4 Å². The summed E-state index contributed by atoms with van der Waals surface area (Å²) in [7, 11) is 0. The van der Waals surface area contributed by atoms with Gasteiger partial charge < -0.3 is 15.4 Å². The highest BCUT2D eigenvalue weighted by Gasteiger charge is 2.22. The van der Waals surface area contributed by atoms with Crippen molar-refractivity contribution in [1.29, 1.82) is 0 Å². The van der Waals surface area contributed by atoms with Crippen LogP contribution in [-0.4, -0.2) is 17.1 Å². The molecule has 2 amide bonds. The fourth-order valence-electron chi connectivity index (χ4n) is 1.85. The van der Waals surface area contributed by atoms with Gasteiger partial charge in [0.1, 0.15) is 11.6 Å². The number of urea groups is 1. The molecule has 114 valence electrons. The maximum absolute atomic E-state index is 12.8. The molecule has 2 N–H and O–H groups in total. The summed E-state index contributed by atoms with van der Waals surface area (Å²) in [6, 6.07) is 9.43. The molecule has 1 saturated carbocycles. The molecule has 5 nitrogen and oxygen atoms in total. The van der Waals surface area contributed by atoms with E-state index in [1.54, 1.807) is 12.3 Å². The minimum absolute atomic E-state index is 0.158. The quantitative estimate of drug-likeness (QED) is 0.892. The van der Waals surface area contributed by atoms with E-state index >= 15 is 0 Å². The molecule has 1 aromatic carbocycles. The van der Waals surface area contributed by atoms with E-state index in [9.17, 15) is 9.18 Å². The van der Waals surface area contributed by atoms with Crippen LogP contribution >= 0.6 is 0 Å². The second kappa shape index (κ2) is 6.43. The van der Waals surface area contributed by atoms with E-state index in [-0.39, 0.29) is 11.8 Å². The molecular formula is C16H16FN3O2. The number of carbonyl (C=O) groups excluding carboxylic acids is 1. The van der Waals surface area contributed by atoms with Gasteiger partial charge in [0.25, 0.3) is 0 Å². The van der Waals surface area contributed by atoms with E-state index in [0.717, 1.165) is 18.4 Å². The topological polar surface area (TPSA) is 63.2 Å². The van der Waals surface area contributed by atoms with Gasteiger partial charge in [0.15, 0.2) is 0 Å². The molecule has 3 rings (SSSR count). The van der Waals surface area contributed by atoms with Crippen molar-refractivity contribution in [3.8, 4) is 11.6 Å². The molecular weight excluding hydrogens is 285 g/mol. The van der Waals surface area contributed by atoms with Gasteiger partial charge in [-0.25, -0.2) is 14.2 Å². The Balaban J connectivity index is 1.50. The number of nitrogens with zero attached hydrogens (tertiary/aromatic N) is 1. The normalized spacial score (nSPS) is 13.5. The number of hydrogen-bond acceptors (Lipinski definition) is 3. The monoisotopic (exact) mass is 301 g/mol.